The summed E-state index contributed by atoms with van der Waals surface area (Å²) < 4.78 is 11.3. The Hall–Kier alpha value is -2.86. The van der Waals surface area contributed by atoms with Crippen LogP contribution in [0.3, 0.4) is 0 Å². The van der Waals surface area contributed by atoms with Crippen LogP contribution in [-0.2, 0) is 11.3 Å². The number of carbonyl (C=O) groups excluding carboxylic acids is 1. The SMILES string of the molecule is O=C(NCc1nc2ccccc2[nH]1)c1cccc(OCC2CCCO2)c1. The van der Waals surface area contributed by atoms with Gasteiger partial charge in [-0.05, 0) is 43.2 Å². The number of hydrogen-bond acceptors (Lipinski definition) is 4. The zero-order valence-electron chi connectivity index (χ0n) is 14.4. The monoisotopic (exact) mass is 351 g/mol. The van der Waals surface area contributed by atoms with Crippen molar-refractivity contribution >= 4 is 16.9 Å². The minimum atomic E-state index is -0.159. The summed E-state index contributed by atoms with van der Waals surface area (Å²) >= 11 is 0. The predicted octanol–water partition coefficient (Wildman–Crippen LogP) is 3.05. The second kappa shape index (κ2) is 7.58. The molecule has 0 spiro atoms. The predicted molar refractivity (Wildman–Crippen MR) is 98.2 cm³/mol. The molecule has 1 atom stereocenters. The van der Waals surface area contributed by atoms with Crippen LogP contribution < -0.4 is 10.1 Å². The number of aromatic amines is 1. The van der Waals surface area contributed by atoms with E-state index in [4.69, 9.17) is 9.47 Å². The van der Waals surface area contributed by atoms with Crippen LogP contribution in [-0.4, -0.2) is 35.2 Å². The molecule has 2 aromatic carbocycles. The second-order valence-corrected chi connectivity index (χ2v) is 6.36. The molecular formula is C20H21N3O3. The molecule has 6 heteroatoms. The molecule has 1 aliphatic heterocycles. The van der Waals surface area contributed by atoms with E-state index in [1.807, 2.05) is 36.4 Å². The fraction of sp³-hybridized carbons (Fsp3) is 0.300. The van der Waals surface area contributed by atoms with E-state index in [1.165, 1.54) is 0 Å². The van der Waals surface area contributed by atoms with Crippen molar-refractivity contribution < 1.29 is 14.3 Å². The van der Waals surface area contributed by atoms with Crippen LogP contribution in [0.5, 0.6) is 5.75 Å². The fourth-order valence-corrected chi connectivity index (χ4v) is 3.05. The Morgan fingerprint density at radius 1 is 1.27 bits per heavy atom. The first-order valence-electron chi connectivity index (χ1n) is 8.84. The van der Waals surface area contributed by atoms with Gasteiger partial charge in [-0.3, -0.25) is 4.79 Å². The number of amides is 1. The highest BCUT2D eigenvalue weighted by Gasteiger charge is 2.16. The quantitative estimate of drug-likeness (QED) is 0.716. The number of para-hydroxylation sites is 2. The number of ether oxygens (including phenoxy) is 2. The van der Waals surface area contributed by atoms with Crippen molar-refractivity contribution in [2.45, 2.75) is 25.5 Å². The average molecular weight is 351 g/mol. The highest BCUT2D eigenvalue weighted by molar-refractivity contribution is 5.94. The van der Waals surface area contributed by atoms with Crippen molar-refractivity contribution in [1.82, 2.24) is 15.3 Å². The van der Waals surface area contributed by atoms with Gasteiger partial charge in [0, 0.05) is 12.2 Å². The Labute approximate surface area is 151 Å². The van der Waals surface area contributed by atoms with Gasteiger partial charge >= 0.3 is 0 Å². The molecule has 1 saturated heterocycles. The molecule has 0 bridgehead atoms. The van der Waals surface area contributed by atoms with Gasteiger partial charge in [-0.2, -0.15) is 0 Å². The fourth-order valence-electron chi connectivity index (χ4n) is 3.05. The third-order valence-electron chi connectivity index (χ3n) is 4.41. The molecule has 0 aliphatic carbocycles. The Balaban J connectivity index is 1.35. The summed E-state index contributed by atoms with van der Waals surface area (Å²) in [4.78, 5) is 20.1. The van der Waals surface area contributed by atoms with Crippen LogP contribution in [0.25, 0.3) is 11.0 Å². The number of imidazole rings is 1. The molecule has 3 aromatic rings. The topological polar surface area (TPSA) is 76.2 Å². The smallest absolute Gasteiger partial charge is 0.251 e. The number of rotatable bonds is 6. The van der Waals surface area contributed by atoms with Gasteiger partial charge in [0.2, 0.25) is 0 Å². The first kappa shape index (κ1) is 16.6. The van der Waals surface area contributed by atoms with Crippen LogP contribution in [0.15, 0.2) is 48.5 Å². The maximum Gasteiger partial charge on any atom is 0.251 e. The van der Waals surface area contributed by atoms with Crippen LogP contribution in [0.4, 0.5) is 0 Å². The largest absolute Gasteiger partial charge is 0.491 e. The number of H-pyrrole nitrogens is 1. The van der Waals surface area contributed by atoms with Gasteiger partial charge in [-0.25, -0.2) is 4.98 Å². The number of carbonyl (C=O) groups is 1. The first-order chi connectivity index (χ1) is 12.8. The van der Waals surface area contributed by atoms with E-state index < -0.39 is 0 Å². The van der Waals surface area contributed by atoms with Crippen LogP contribution in [0.2, 0.25) is 0 Å². The van der Waals surface area contributed by atoms with Gasteiger partial charge in [0.1, 0.15) is 18.2 Å². The molecule has 1 fully saturated rings. The Kier molecular flexibility index (Phi) is 4.84. The highest BCUT2D eigenvalue weighted by Crippen LogP contribution is 2.17. The number of aromatic nitrogens is 2. The minimum absolute atomic E-state index is 0.153. The van der Waals surface area contributed by atoms with E-state index in [9.17, 15) is 4.79 Å². The zero-order chi connectivity index (χ0) is 17.8. The molecule has 0 saturated carbocycles. The lowest BCUT2D eigenvalue weighted by molar-refractivity contribution is 0.0679. The van der Waals surface area contributed by atoms with Gasteiger partial charge < -0.3 is 19.8 Å². The number of fused-ring (bicyclic) bond motifs is 1. The first-order valence-corrected chi connectivity index (χ1v) is 8.84. The Bertz CT molecular complexity index is 867. The summed E-state index contributed by atoms with van der Waals surface area (Å²) in [5, 5.41) is 2.89. The van der Waals surface area contributed by atoms with Crippen LogP contribution in [0, 0.1) is 0 Å². The minimum Gasteiger partial charge on any atom is -0.491 e. The third kappa shape index (κ3) is 3.86. The lowest BCUT2D eigenvalue weighted by atomic mass is 10.2. The third-order valence-corrected chi connectivity index (χ3v) is 4.41. The highest BCUT2D eigenvalue weighted by atomic mass is 16.5. The zero-order valence-corrected chi connectivity index (χ0v) is 14.4. The summed E-state index contributed by atoms with van der Waals surface area (Å²) in [5.74, 6) is 1.25. The molecular weight excluding hydrogens is 330 g/mol. The molecule has 1 aromatic heterocycles. The Morgan fingerprint density at radius 2 is 2.19 bits per heavy atom. The van der Waals surface area contributed by atoms with Crippen molar-refractivity contribution in [1.29, 1.82) is 0 Å². The van der Waals surface area contributed by atoms with Gasteiger partial charge in [-0.15, -0.1) is 0 Å². The van der Waals surface area contributed by atoms with Crippen LogP contribution >= 0.6 is 0 Å². The molecule has 6 nitrogen and oxygen atoms in total. The van der Waals surface area contributed by atoms with E-state index in [0.29, 0.717) is 24.5 Å². The summed E-state index contributed by atoms with van der Waals surface area (Å²) in [5.41, 5.74) is 2.41. The van der Waals surface area contributed by atoms with Crippen molar-refractivity contribution in [3.05, 3.63) is 59.9 Å². The number of nitrogens with zero attached hydrogens (tertiary/aromatic N) is 1. The van der Waals surface area contributed by atoms with E-state index in [0.717, 1.165) is 36.3 Å². The molecule has 1 unspecified atom stereocenters. The number of benzene rings is 2. The van der Waals surface area contributed by atoms with Gasteiger partial charge in [0.25, 0.3) is 5.91 Å². The molecule has 26 heavy (non-hydrogen) atoms. The molecule has 2 heterocycles. The van der Waals surface area contributed by atoms with Gasteiger partial charge in [0.15, 0.2) is 0 Å². The standard InChI is InChI=1S/C20H21N3O3/c24-20(21-12-19-22-17-8-1-2-9-18(17)23-19)14-5-3-6-15(11-14)26-13-16-7-4-10-25-16/h1-3,5-6,8-9,11,16H,4,7,10,12-13H2,(H,21,24)(H,22,23). The maximum absolute atomic E-state index is 12.4. The van der Waals surface area contributed by atoms with Gasteiger partial charge in [-0.1, -0.05) is 18.2 Å². The van der Waals surface area contributed by atoms with E-state index in [2.05, 4.69) is 15.3 Å². The molecule has 1 aliphatic rings. The summed E-state index contributed by atoms with van der Waals surface area (Å²) in [6.45, 7) is 1.66. The lowest BCUT2D eigenvalue weighted by Crippen LogP contribution is -2.23. The van der Waals surface area contributed by atoms with Crippen molar-refractivity contribution in [3.63, 3.8) is 0 Å². The average Bonchev–Trinajstić information content (AvgIpc) is 3.33. The van der Waals surface area contributed by atoms with E-state index >= 15 is 0 Å². The second-order valence-electron chi connectivity index (χ2n) is 6.36. The number of hydrogen-bond donors (Lipinski definition) is 2. The molecule has 134 valence electrons. The van der Waals surface area contributed by atoms with Crippen LogP contribution in [0.1, 0.15) is 29.0 Å². The molecule has 0 radical (unpaired) electrons. The molecule has 2 N–H and O–H groups in total. The van der Waals surface area contributed by atoms with Gasteiger partial charge in [0.05, 0.1) is 23.7 Å². The normalized spacial score (nSPS) is 16.7. The lowest BCUT2D eigenvalue weighted by Gasteiger charge is -2.12. The van der Waals surface area contributed by atoms with Crippen molar-refractivity contribution in [3.8, 4) is 5.75 Å². The summed E-state index contributed by atoms with van der Waals surface area (Å²) in [6.07, 6.45) is 2.26. The Morgan fingerprint density at radius 3 is 3.04 bits per heavy atom. The summed E-state index contributed by atoms with van der Waals surface area (Å²) in [6, 6.07) is 15.0. The number of nitrogens with one attached hydrogen (secondary N) is 2. The molecule has 4 rings (SSSR count). The van der Waals surface area contributed by atoms with E-state index in [-0.39, 0.29) is 12.0 Å². The van der Waals surface area contributed by atoms with Crippen molar-refractivity contribution in [2.75, 3.05) is 13.2 Å². The molecule has 1 amide bonds. The maximum atomic E-state index is 12.4. The summed E-state index contributed by atoms with van der Waals surface area (Å²) in [7, 11) is 0. The van der Waals surface area contributed by atoms with Crippen molar-refractivity contribution in [2.24, 2.45) is 0 Å². The van der Waals surface area contributed by atoms with E-state index in [1.54, 1.807) is 12.1 Å².